The maximum absolute atomic E-state index is 12.3. The lowest BCUT2D eigenvalue weighted by Gasteiger charge is -2.12. The molecule has 1 aliphatic rings. The third-order valence-electron chi connectivity index (χ3n) is 3.96. The molecule has 1 aliphatic carbocycles. The molecule has 2 aromatic rings. The van der Waals surface area contributed by atoms with E-state index in [9.17, 15) is 4.79 Å². The highest BCUT2D eigenvalue weighted by molar-refractivity contribution is 6.34. The first-order valence-corrected chi connectivity index (χ1v) is 7.37. The van der Waals surface area contributed by atoms with Gasteiger partial charge in [-0.3, -0.25) is 4.79 Å². The molecule has 104 valence electrons. The first kappa shape index (κ1) is 13.4. The molecular weight excluding hydrogens is 272 g/mol. The molecule has 1 aromatic carbocycles. The minimum atomic E-state index is -0.128. The van der Waals surface area contributed by atoms with Gasteiger partial charge in [-0.25, -0.2) is 4.98 Å². The van der Waals surface area contributed by atoms with Crippen LogP contribution in [0.1, 0.15) is 36.7 Å². The number of rotatable bonds is 2. The van der Waals surface area contributed by atoms with Crippen LogP contribution in [0.5, 0.6) is 0 Å². The number of benzene rings is 1. The van der Waals surface area contributed by atoms with Crippen molar-refractivity contribution in [2.45, 2.75) is 32.2 Å². The molecule has 2 atom stereocenters. The summed E-state index contributed by atoms with van der Waals surface area (Å²) in [6.07, 6.45) is 3.28. The number of pyridine rings is 1. The normalized spacial score (nSPS) is 22.1. The van der Waals surface area contributed by atoms with E-state index in [1.54, 1.807) is 6.07 Å². The van der Waals surface area contributed by atoms with Crippen LogP contribution < -0.4 is 5.32 Å². The van der Waals surface area contributed by atoms with Crippen molar-refractivity contribution in [2.24, 2.45) is 5.92 Å². The molecule has 1 amide bonds. The second-order valence-corrected chi connectivity index (χ2v) is 5.97. The van der Waals surface area contributed by atoms with Gasteiger partial charge in [-0.2, -0.15) is 0 Å². The Kier molecular flexibility index (Phi) is 3.62. The van der Waals surface area contributed by atoms with Gasteiger partial charge >= 0.3 is 0 Å². The zero-order valence-electron chi connectivity index (χ0n) is 11.4. The van der Waals surface area contributed by atoms with Crippen molar-refractivity contribution in [1.29, 1.82) is 0 Å². The lowest BCUT2D eigenvalue weighted by Crippen LogP contribution is -2.33. The number of hydrogen-bond acceptors (Lipinski definition) is 2. The van der Waals surface area contributed by atoms with Crippen LogP contribution in [0.3, 0.4) is 0 Å². The Bertz CT molecular complexity index is 656. The maximum atomic E-state index is 12.3. The van der Waals surface area contributed by atoms with Gasteiger partial charge in [0.15, 0.2) is 0 Å². The average Bonchev–Trinajstić information content (AvgIpc) is 2.84. The number of fused-ring (bicyclic) bond motifs is 1. The molecule has 0 spiro atoms. The number of nitrogens with one attached hydrogen (secondary N) is 1. The van der Waals surface area contributed by atoms with Gasteiger partial charge in [0.25, 0.3) is 5.91 Å². The van der Waals surface area contributed by atoms with Crippen LogP contribution in [0.25, 0.3) is 10.8 Å². The standard InChI is InChI=1S/C16H17ClN2O/c1-10-6-7-12(8-10)18-16(20)14-9-11-4-2-3-5-13(11)15(17)19-14/h2-5,9-10,12H,6-8H2,1H3,(H,18,20). The summed E-state index contributed by atoms with van der Waals surface area (Å²) in [7, 11) is 0. The lowest BCUT2D eigenvalue weighted by atomic mass is 10.1. The van der Waals surface area contributed by atoms with Crippen molar-refractivity contribution in [3.8, 4) is 0 Å². The zero-order chi connectivity index (χ0) is 14.1. The molecule has 3 nitrogen and oxygen atoms in total. The van der Waals surface area contributed by atoms with Crippen LogP contribution in [0.4, 0.5) is 0 Å². The molecule has 1 fully saturated rings. The highest BCUT2D eigenvalue weighted by atomic mass is 35.5. The number of carbonyl (C=O) groups excluding carboxylic acids is 1. The highest BCUT2D eigenvalue weighted by Gasteiger charge is 2.23. The molecule has 0 radical (unpaired) electrons. The molecule has 1 aromatic heterocycles. The van der Waals surface area contributed by atoms with Crippen LogP contribution >= 0.6 is 11.6 Å². The summed E-state index contributed by atoms with van der Waals surface area (Å²) < 4.78 is 0. The van der Waals surface area contributed by atoms with Crippen molar-refractivity contribution >= 4 is 28.3 Å². The Morgan fingerprint density at radius 3 is 2.90 bits per heavy atom. The predicted octanol–water partition coefficient (Wildman–Crippen LogP) is 3.81. The number of hydrogen-bond donors (Lipinski definition) is 1. The fourth-order valence-electron chi connectivity index (χ4n) is 2.87. The van der Waals surface area contributed by atoms with E-state index in [0.29, 0.717) is 16.8 Å². The monoisotopic (exact) mass is 288 g/mol. The average molecular weight is 289 g/mol. The molecule has 20 heavy (non-hydrogen) atoms. The summed E-state index contributed by atoms with van der Waals surface area (Å²) in [6.45, 7) is 2.22. The Balaban J connectivity index is 1.84. The summed E-state index contributed by atoms with van der Waals surface area (Å²) in [5.74, 6) is 0.560. The third kappa shape index (κ3) is 2.63. The van der Waals surface area contributed by atoms with E-state index in [0.717, 1.165) is 23.6 Å². The van der Waals surface area contributed by atoms with E-state index in [-0.39, 0.29) is 11.9 Å². The number of carbonyl (C=O) groups is 1. The Hall–Kier alpha value is -1.61. The van der Waals surface area contributed by atoms with E-state index in [2.05, 4.69) is 17.2 Å². The summed E-state index contributed by atoms with van der Waals surface area (Å²) in [5, 5.41) is 5.26. The Morgan fingerprint density at radius 1 is 1.35 bits per heavy atom. The topological polar surface area (TPSA) is 42.0 Å². The van der Waals surface area contributed by atoms with E-state index in [4.69, 9.17) is 11.6 Å². The SMILES string of the molecule is CC1CCC(NC(=O)c2cc3ccccc3c(Cl)n2)C1. The molecule has 1 heterocycles. The van der Waals surface area contributed by atoms with Gasteiger partial charge in [0.05, 0.1) is 0 Å². The Morgan fingerprint density at radius 2 is 2.15 bits per heavy atom. The van der Waals surface area contributed by atoms with Gasteiger partial charge in [-0.05, 0) is 36.6 Å². The largest absolute Gasteiger partial charge is 0.348 e. The Labute approximate surface area is 123 Å². The van der Waals surface area contributed by atoms with Gasteiger partial charge in [0.1, 0.15) is 10.8 Å². The first-order chi connectivity index (χ1) is 9.63. The summed E-state index contributed by atoms with van der Waals surface area (Å²) in [6, 6.07) is 9.76. The molecule has 0 aliphatic heterocycles. The van der Waals surface area contributed by atoms with Crippen LogP contribution in [0, 0.1) is 5.92 Å². The minimum absolute atomic E-state index is 0.128. The quantitative estimate of drug-likeness (QED) is 0.854. The fraction of sp³-hybridized carbons (Fsp3) is 0.375. The molecule has 0 saturated heterocycles. The van der Waals surface area contributed by atoms with E-state index in [1.807, 2.05) is 24.3 Å². The van der Waals surface area contributed by atoms with Gasteiger partial charge in [-0.1, -0.05) is 42.8 Å². The van der Waals surface area contributed by atoms with Crippen molar-refractivity contribution in [3.63, 3.8) is 0 Å². The van der Waals surface area contributed by atoms with Crippen molar-refractivity contribution < 1.29 is 4.79 Å². The predicted molar refractivity (Wildman–Crippen MR) is 81.0 cm³/mol. The minimum Gasteiger partial charge on any atom is -0.348 e. The van der Waals surface area contributed by atoms with Crippen LogP contribution in [0.2, 0.25) is 5.15 Å². The van der Waals surface area contributed by atoms with Gasteiger partial charge < -0.3 is 5.32 Å². The molecule has 3 rings (SSSR count). The second-order valence-electron chi connectivity index (χ2n) is 5.61. The van der Waals surface area contributed by atoms with Crippen LogP contribution in [-0.2, 0) is 0 Å². The van der Waals surface area contributed by atoms with Gasteiger partial charge in [0.2, 0.25) is 0 Å². The maximum Gasteiger partial charge on any atom is 0.270 e. The number of amides is 1. The van der Waals surface area contributed by atoms with Crippen molar-refractivity contribution in [1.82, 2.24) is 10.3 Å². The lowest BCUT2D eigenvalue weighted by molar-refractivity contribution is 0.0932. The van der Waals surface area contributed by atoms with E-state index in [1.165, 1.54) is 6.42 Å². The summed E-state index contributed by atoms with van der Waals surface area (Å²) in [4.78, 5) is 16.5. The number of aromatic nitrogens is 1. The zero-order valence-corrected chi connectivity index (χ0v) is 12.2. The molecule has 4 heteroatoms. The molecule has 0 bridgehead atoms. The summed E-state index contributed by atoms with van der Waals surface area (Å²) in [5.41, 5.74) is 0.397. The third-order valence-corrected chi connectivity index (χ3v) is 4.24. The first-order valence-electron chi connectivity index (χ1n) is 6.99. The van der Waals surface area contributed by atoms with Crippen LogP contribution in [0.15, 0.2) is 30.3 Å². The van der Waals surface area contributed by atoms with Gasteiger partial charge in [0, 0.05) is 11.4 Å². The van der Waals surface area contributed by atoms with Crippen molar-refractivity contribution in [2.75, 3.05) is 0 Å². The fourth-order valence-corrected chi connectivity index (χ4v) is 3.13. The summed E-state index contributed by atoms with van der Waals surface area (Å²) >= 11 is 6.15. The van der Waals surface area contributed by atoms with E-state index < -0.39 is 0 Å². The number of halogens is 1. The highest BCUT2D eigenvalue weighted by Crippen LogP contribution is 2.26. The number of nitrogens with zero attached hydrogens (tertiary/aromatic N) is 1. The molecular formula is C16H17ClN2O. The van der Waals surface area contributed by atoms with E-state index >= 15 is 0 Å². The van der Waals surface area contributed by atoms with Crippen molar-refractivity contribution in [3.05, 3.63) is 41.2 Å². The van der Waals surface area contributed by atoms with Gasteiger partial charge in [-0.15, -0.1) is 0 Å². The second kappa shape index (κ2) is 5.41. The van der Waals surface area contributed by atoms with Crippen LogP contribution in [-0.4, -0.2) is 16.9 Å². The molecule has 1 N–H and O–H groups in total. The molecule has 2 unspecified atom stereocenters. The molecule has 1 saturated carbocycles. The smallest absolute Gasteiger partial charge is 0.270 e.